The van der Waals surface area contributed by atoms with Crippen molar-refractivity contribution < 1.29 is 22.8 Å². The molecule has 1 heterocycles. The highest BCUT2D eigenvalue weighted by molar-refractivity contribution is 7.93. The quantitative estimate of drug-likeness (QED) is 0.620. The number of sulfone groups is 1. The summed E-state index contributed by atoms with van der Waals surface area (Å²) in [6.07, 6.45) is 1.81. The molecule has 22 heavy (non-hydrogen) atoms. The number of hydrogen-bond donors (Lipinski definition) is 0. The predicted octanol–water partition coefficient (Wildman–Crippen LogP) is 2.05. The molecule has 1 saturated heterocycles. The Hall–Kier alpha value is -1.51. The van der Waals surface area contributed by atoms with Gasteiger partial charge in [-0.25, -0.2) is 8.42 Å². The Kier molecular flexibility index (Phi) is 3.92. The molecule has 0 spiro atoms. The van der Waals surface area contributed by atoms with Crippen molar-refractivity contribution in [3.05, 3.63) is 34.4 Å². The molecule has 120 valence electrons. The normalized spacial score (nSPS) is 22.0. The van der Waals surface area contributed by atoms with Crippen LogP contribution in [0.2, 0.25) is 0 Å². The van der Waals surface area contributed by atoms with Crippen LogP contribution in [0.25, 0.3) is 0 Å². The number of benzene rings is 1. The molecule has 1 aliphatic carbocycles. The molecule has 2 fully saturated rings. The molecule has 2 aliphatic rings. The lowest BCUT2D eigenvalue weighted by Crippen LogP contribution is -2.47. The van der Waals surface area contributed by atoms with E-state index >= 15 is 0 Å². The lowest BCUT2D eigenvalue weighted by Gasteiger charge is -2.33. The van der Waals surface area contributed by atoms with E-state index in [2.05, 4.69) is 0 Å². The van der Waals surface area contributed by atoms with E-state index in [1.807, 2.05) is 0 Å². The zero-order valence-corrected chi connectivity index (χ0v) is 12.8. The summed E-state index contributed by atoms with van der Waals surface area (Å²) in [5, 5.41) is 10.7. The Morgan fingerprint density at radius 1 is 1.09 bits per heavy atom. The van der Waals surface area contributed by atoms with E-state index in [9.17, 15) is 18.5 Å². The zero-order chi connectivity index (χ0) is 15.8. The number of non-ortho nitro benzene ring substituents is 1. The summed E-state index contributed by atoms with van der Waals surface area (Å²) in [5.41, 5.74) is -0.132. The Labute approximate surface area is 128 Å². The molecular formula is C14H17NO6S. The van der Waals surface area contributed by atoms with Crippen LogP contribution in [-0.4, -0.2) is 37.6 Å². The third-order valence-corrected chi connectivity index (χ3v) is 6.96. The third kappa shape index (κ3) is 2.31. The van der Waals surface area contributed by atoms with Crippen molar-refractivity contribution in [2.24, 2.45) is 0 Å². The van der Waals surface area contributed by atoms with Gasteiger partial charge in [0.25, 0.3) is 5.69 Å². The van der Waals surface area contributed by atoms with Crippen molar-refractivity contribution >= 4 is 15.5 Å². The molecule has 0 bridgehead atoms. The lowest BCUT2D eigenvalue weighted by molar-refractivity contribution is -0.384. The van der Waals surface area contributed by atoms with Gasteiger partial charge in [-0.05, 0) is 25.0 Å². The summed E-state index contributed by atoms with van der Waals surface area (Å²) in [7, 11) is -3.70. The van der Waals surface area contributed by atoms with E-state index in [4.69, 9.17) is 9.47 Å². The van der Waals surface area contributed by atoms with Gasteiger partial charge in [0.15, 0.2) is 16.1 Å². The van der Waals surface area contributed by atoms with Crippen LogP contribution >= 0.6 is 0 Å². The molecule has 8 heteroatoms. The van der Waals surface area contributed by atoms with Crippen LogP contribution in [-0.2, 0) is 19.3 Å². The summed E-state index contributed by atoms with van der Waals surface area (Å²) in [5.74, 6) is 0. The summed E-state index contributed by atoms with van der Waals surface area (Å²) < 4.78 is 36.1. The lowest BCUT2D eigenvalue weighted by atomic mass is 10.1. The number of ether oxygens (including phenoxy) is 2. The summed E-state index contributed by atoms with van der Waals surface area (Å²) in [6.45, 7) is 0.782. The van der Waals surface area contributed by atoms with Crippen LogP contribution in [0.3, 0.4) is 0 Å². The first kappa shape index (κ1) is 15.4. The van der Waals surface area contributed by atoms with Crippen molar-refractivity contribution in [1.29, 1.82) is 0 Å². The molecule has 1 aromatic carbocycles. The first-order chi connectivity index (χ1) is 10.5. The van der Waals surface area contributed by atoms with Crippen LogP contribution in [0, 0.1) is 10.1 Å². The number of nitrogens with zero attached hydrogens (tertiary/aromatic N) is 1. The Bertz CT molecular complexity index is 657. The van der Waals surface area contributed by atoms with Crippen molar-refractivity contribution in [3.63, 3.8) is 0 Å². The average Bonchev–Trinajstić information content (AvgIpc) is 3.19. The second kappa shape index (κ2) is 5.60. The molecule has 0 radical (unpaired) electrons. The van der Waals surface area contributed by atoms with E-state index in [1.165, 1.54) is 24.3 Å². The van der Waals surface area contributed by atoms with E-state index < -0.39 is 25.8 Å². The Balaban J connectivity index is 2.00. The highest BCUT2D eigenvalue weighted by Crippen LogP contribution is 2.45. The fourth-order valence-corrected chi connectivity index (χ4v) is 5.43. The fourth-order valence-electron chi connectivity index (χ4n) is 3.25. The highest BCUT2D eigenvalue weighted by Gasteiger charge is 2.55. The molecule has 7 nitrogen and oxygen atoms in total. The molecule has 0 N–H and O–H groups in total. The van der Waals surface area contributed by atoms with Gasteiger partial charge >= 0.3 is 0 Å². The second-order valence-corrected chi connectivity index (χ2v) is 7.89. The van der Waals surface area contributed by atoms with Gasteiger partial charge in [0.2, 0.25) is 0 Å². The molecule has 0 unspecified atom stereocenters. The molecule has 0 amide bonds. The summed E-state index contributed by atoms with van der Waals surface area (Å²) in [4.78, 5) is 10.2. The SMILES string of the molecule is O=[N+]([O-])c1ccc(S(=O)(=O)C2(C3OCCO3)CCCC2)cc1. The van der Waals surface area contributed by atoms with Gasteiger partial charge in [0.1, 0.15) is 4.75 Å². The zero-order valence-electron chi connectivity index (χ0n) is 11.9. The first-order valence-electron chi connectivity index (χ1n) is 7.20. The molecule has 1 aliphatic heterocycles. The number of rotatable bonds is 4. The maximum Gasteiger partial charge on any atom is 0.269 e. The van der Waals surface area contributed by atoms with Crippen LogP contribution in [0.1, 0.15) is 25.7 Å². The maximum absolute atomic E-state index is 13.1. The topological polar surface area (TPSA) is 95.7 Å². The Morgan fingerprint density at radius 3 is 2.14 bits per heavy atom. The van der Waals surface area contributed by atoms with Crippen molar-refractivity contribution in [2.45, 2.75) is 41.6 Å². The highest BCUT2D eigenvalue weighted by atomic mass is 32.2. The summed E-state index contributed by atoms with van der Waals surface area (Å²) >= 11 is 0. The van der Waals surface area contributed by atoms with Gasteiger partial charge in [0, 0.05) is 12.1 Å². The molecule has 0 aromatic heterocycles. The average molecular weight is 327 g/mol. The first-order valence-corrected chi connectivity index (χ1v) is 8.68. The molecular weight excluding hydrogens is 310 g/mol. The Morgan fingerprint density at radius 2 is 1.64 bits per heavy atom. The minimum Gasteiger partial charge on any atom is -0.349 e. The van der Waals surface area contributed by atoms with Crippen molar-refractivity contribution in [2.75, 3.05) is 13.2 Å². The van der Waals surface area contributed by atoms with Crippen LogP contribution in [0.4, 0.5) is 5.69 Å². The largest absolute Gasteiger partial charge is 0.349 e. The van der Waals surface area contributed by atoms with Crippen molar-refractivity contribution in [3.8, 4) is 0 Å². The molecule has 3 rings (SSSR count). The van der Waals surface area contributed by atoms with Crippen molar-refractivity contribution in [1.82, 2.24) is 0 Å². The number of hydrogen-bond acceptors (Lipinski definition) is 6. The molecule has 0 atom stereocenters. The smallest absolute Gasteiger partial charge is 0.269 e. The van der Waals surface area contributed by atoms with Crippen LogP contribution in [0.5, 0.6) is 0 Å². The van der Waals surface area contributed by atoms with E-state index in [0.717, 1.165) is 12.8 Å². The van der Waals surface area contributed by atoms with Gasteiger partial charge in [-0.15, -0.1) is 0 Å². The number of nitro groups is 1. The predicted molar refractivity (Wildman–Crippen MR) is 77.2 cm³/mol. The second-order valence-electron chi connectivity index (χ2n) is 5.60. The number of nitro benzene ring substituents is 1. The fraction of sp³-hybridized carbons (Fsp3) is 0.571. The van der Waals surface area contributed by atoms with Gasteiger partial charge < -0.3 is 9.47 Å². The van der Waals surface area contributed by atoms with Gasteiger partial charge in [-0.2, -0.15) is 0 Å². The monoisotopic (exact) mass is 327 g/mol. The summed E-state index contributed by atoms with van der Waals surface area (Å²) in [6, 6.07) is 5.02. The van der Waals surface area contributed by atoms with Gasteiger partial charge in [0.05, 0.1) is 23.0 Å². The van der Waals surface area contributed by atoms with Gasteiger partial charge in [-0.1, -0.05) is 12.8 Å². The molecule has 1 aromatic rings. The van der Waals surface area contributed by atoms with Gasteiger partial charge in [-0.3, -0.25) is 10.1 Å². The minimum absolute atomic E-state index is 0.0825. The third-order valence-electron chi connectivity index (χ3n) is 4.39. The van der Waals surface area contributed by atoms with Crippen LogP contribution in [0.15, 0.2) is 29.2 Å². The van der Waals surface area contributed by atoms with E-state index in [0.29, 0.717) is 26.1 Å². The maximum atomic E-state index is 13.1. The van der Waals surface area contributed by atoms with Crippen LogP contribution < -0.4 is 0 Å². The minimum atomic E-state index is -3.70. The van der Waals surface area contributed by atoms with E-state index in [1.54, 1.807) is 0 Å². The van der Waals surface area contributed by atoms with E-state index in [-0.39, 0.29) is 10.6 Å². The standard InChI is InChI=1S/C14H17NO6S/c16-15(17)11-3-5-12(6-4-11)22(18,19)14(7-1-2-8-14)13-20-9-10-21-13/h3-6,13H,1-2,7-10H2. The molecule has 1 saturated carbocycles.